The van der Waals surface area contributed by atoms with Crippen molar-refractivity contribution in [2.75, 3.05) is 0 Å². The maximum absolute atomic E-state index is 3.67. The Morgan fingerprint density at radius 3 is 2.55 bits per heavy atom. The van der Waals surface area contributed by atoms with Gasteiger partial charge in [-0.25, -0.2) is 0 Å². The summed E-state index contributed by atoms with van der Waals surface area (Å²) >= 11 is 0. The molecule has 0 aromatic carbocycles. The minimum absolute atomic E-state index is 0.373. The van der Waals surface area contributed by atoms with Crippen molar-refractivity contribution in [1.29, 1.82) is 0 Å². The zero-order valence-corrected chi connectivity index (χ0v) is 8.28. The van der Waals surface area contributed by atoms with Gasteiger partial charge in [0, 0.05) is 11.6 Å². The van der Waals surface area contributed by atoms with Gasteiger partial charge < -0.3 is 5.32 Å². The van der Waals surface area contributed by atoms with Gasteiger partial charge in [0.2, 0.25) is 0 Å². The van der Waals surface area contributed by atoms with E-state index in [0.717, 1.165) is 12.0 Å². The van der Waals surface area contributed by atoms with E-state index in [1.165, 1.54) is 19.3 Å². The highest BCUT2D eigenvalue weighted by Crippen LogP contribution is 2.27. The number of hydrogen-bond acceptors (Lipinski definition) is 1. The van der Waals surface area contributed by atoms with E-state index in [4.69, 9.17) is 0 Å². The molecule has 1 aliphatic heterocycles. The van der Waals surface area contributed by atoms with E-state index >= 15 is 0 Å². The quantitative estimate of drug-likeness (QED) is 0.613. The lowest BCUT2D eigenvalue weighted by Crippen LogP contribution is -2.51. The minimum atomic E-state index is 0.373. The Bertz CT molecular complexity index is 129. The Labute approximate surface area is 70.6 Å². The first kappa shape index (κ1) is 9.05. The molecule has 0 radical (unpaired) electrons. The first-order valence-corrected chi connectivity index (χ1v) is 4.81. The van der Waals surface area contributed by atoms with Crippen LogP contribution < -0.4 is 5.32 Å². The lowest BCUT2D eigenvalue weighted by atomic mass is 9.81. The zero-order chi connectivity index (χ0) is 8.48. The zero-order valence-electron chi connectivity index (χ0n) is 8.28. The molecule has 0 bridgehead atoms. The third kappa shape index (κ3) is 2.48. The summed E-state index contributed by atoms with van der Waals surface area (Å²) in [5.74, 6) is 0.899. The van der Waals surface area contributed by atoms with Crippen molar-refractivity contribution in [1.82, 2.24) is 5.32 Å². The fourth-order valence-electron chi connectivity index (χ4n) is 2.38. The summed E-state index contributed by atoms with van der Waals surface area (Å²) in [5.41, 5.74) is 0.373. The molecule has 1 rings (SSSR count). The minimum Gasteiger partial charge on any atom is -0.309 e. The summed E-state index contributed by atoms with van der Waals surface area (Å²) in [6.07, 6.45) is 3.96. The smallest absolute Gasteiger partial charge is 0.0130 e. The van der Waals surface area contributed by atoms with Crippen LogP contribution in [0.1, 0.15) is 47.0 Å². The summed E-state index contributed by atoms with van der Waals surface area (Å²) in [6.45, 7) is 9.26. The lowest BCUT2D eigenvalue weighted by Gasteiger charge is -2.40. The SMILES string of the molecule is CCC1CC(C)CC(C)(C)N1. The molecular formula is C10H21N. The Kier molecular flexibility index (Phi) is 2.58. The van der Waals surface area contributed by atoms with Crippen molar-refractivity contribution >= 4 is 0 Å². The summed E-state index contributed by atoms with van der Waals surface area (Å²) < 4.78 is 0. The normalized spacial score (nSPS) is 37.1. The number of nitrogens with one attached hydrogen (secondary N) is 1. The van der Waals surface area contributed by atoms with Crippen LogP contribution in [-0.4, -0.2) is 11.6 Å². The molecule has 2 unspecified atom stereocenters. The molecule has 0 spiro atoms. The van der Waals surface area contributed by atoms with Crippen molar-refractivity contribution in [2.24, 2.45) is 5.92 Å². The molecule has 1 N–H and O–H groups in total. The molecule has 1 heterocycles. The highest BCUT2D eigenvalue weighted by Gasteiger charge is 2.29. The molecule has 0 saturated carbocycles. The van der Waals surface area contributed by atoms with Crippen molar-refractivity contribution in [2.45, 2.75) is 58.5 Å². The molecule has 0 aromatic heterocycles. The summed E-state index contributed by atoms with van der Waals surface area (Å²) in [6, 6.07) is 0.758. The number of hydrogen-bond donors (Lipinski definition) is 1. The molecule has 1 fully saturated rings. The molecule has 1 heteroatoms. The van der Waals surface area contributed by atoms with Crippen LogP contribution in [0.15, 0.2) is 0 Å². The first-order chi connectivity index (χ1) is 5.03. The third-order valence-electron chi connectivity index (χ3n) is 2.63. The average molecular weight is 155 g/mol. The van der Waals surface area contributed by atoms with Gasteiger partial charge in [-0.15, -0.1) is 0 Å². The van der Waals surface area contributed by atoms with Crippen LogP contribution in [0.5, 0.6) is 0 Å². The van der Waals surface area contributed by atoms with Gasteiger partial charge >= 0.3 is 0 Å². The van der Waals surface area contributed by atoms with E-state index in [2.05, 4.69) is 33.0 Å². The highest BCUT2D eigenvalue weighted by molar-refractivity contribution is 4.89. The van der Waals surface area contributed by atoms with Crippen molar-refractivity contribution in [3.63, 3.8) is 0 Å². The topological polar surface area (TPSA) is 12.0 Å². The molecule has 1 nitrogen and oxygen atoms in total. The van der Waals surface area contributed by atoms with Gasteiger partial charge in [-0.3, -0.25) is 0 Å². The predicted molar refractivity (Wildman–Crippen MR) is 49.7 cm³/mol. The first-order valence-electron chi connectivity index (χ1n) is 4.81. The molecule has 66 valence electrons. The van der Waals surface area contributed by atoms with E-state index in [1.807, 2.05) is 0 Å². The number of rotatable bonds is 1. The van der Waals surface area contributed by atoms with E-state index in [0.29, 0.717) is 5.54 Å². The van der Waals surface area contributed by atoms with Gasteiger partial charge in [0.25, 0.3) is 0 Å². The molecule has 0 aliphatic carbocycles. The molecular weight excluding hydrogens is 134 g/mol. The number of piperidine rings is 1. The van der Waals surface area contributed by atoms with E-state index < -0.39 is 0 Å². The maximum atomic E-state index is 3.67. The molecule has 1 saturated heterocycles. The average Bonchev–Trinajstić information content (AvgIpc) is 1.83. The largest absolute Gasteiger partial charge is 0.309 e. The highest BCUT2D eigenvalue weighted by atomic mass is 15.0. The Morgan fingerprint density at radius 2 is 2.09 bits per heavy atom. The van der Waals surface area contributed by atoms with Crippen molar-refractivity contribution in [3.05, 3.63) is 0 Å². The Hall–Kier alpha value is -0.0400. The summed E-state index contributed by atoms with van der Waals surface area (Å²) in [4.78, 5) is 0. The van der Waals surface area contributed by atoms with Gasteiger partial charge in [-0.2, -0.15) is 0 Å². The summed E-state index contributed by atoms with van der Waals surface area (Å²) in [7, 11) is 0. The second-order valence-corrected chi connectivity index (χ2v) is 4.68. The lowest BCUT2D eigenvalue weighted by molar-refractivity contribution is 0.187. The van der Waals surface area contributed by atoms with Crippen LogP contribution >= 0.6 is 0 Å². The van der Waals surface area contributed by atoms with Crippen LogP contribution in [0.4, 0.5) is 0 Å². The molecule has 11 heavy (non-hydrogen) atoms. The Morgan fingerprint density at radius 1 is 1.45 bits per heavy atom. The van der Waals surface area contributed by atoms with E-state index in [9.17, 15) is 0 Å². The van der Waals surface area contributed by atoms with Gasteiger partial charge in [0.15, 0.2) is 0 Å². The second-order valence-electron chi connectivity index (χ2n) is 4.68. The Balaban J connectivity index is 2.51. The van der Waals surface area contributed by atoms with Gasteiger partial charge in [0.05, 0.1) is 0 Å². The summed E-state index contributed by atoms with van der Waals surface area (Å²) in [5, 5.41) is 3.67. The molecule has 0 aromatic rings. The fourth-order valence-corrected chi connectivity index (χ4v) is 2.38. The van der Waals surface area contributed by atoms with E-state index in [-0.39, 0.29) is 0 Å². The van der Waals surface area contributed by atoms with Crippen LogP contribution in [0.25, 0.3) is 0 Å². The van der Waals surface area contributed by atoms with Crippen LogP contribution in [0.3, 0.4) is 0 Å². The third-order valence-corrected chi connectivity index (χ3v) is 2.63. The predicted octanol–water partition coefficient (Wildman–Crippen LogP) is 2.56. The second kappa shape index (κ2) is 3.14. The van der Waals surface area contributed by atoms with Crippen molar-refractivity contribution < 1.29 is 0 Å². The fraction of sp³-hybridized carbons (Fsp3) is 1.00. The standard InChI is InChI=1S/C10H21N/c1-5-9-6-8(2)7-10(3,4)11-9/h8-9,11H,5-7H2,1-4H3. The molecule has 2 atom stereocenters. The van der Waals surface area contributed by atoms with Crippen LogP contribution in [0.2, 0.25) is 0 Å². The molecule has 0 amide bonds. The van der Waals surface area contributed by atoms with E-state index in [1.54, 1.807) is 0 Å². The maximum Gasteiger partial charge on any atom is 0.0130 e. The monoisotopic (exact) mass is 155 g/mol. The van der Waals surface area contributed by atoms with Gasteiger partial charge in [-0.05, 0) is 39.0 Å². The van der Waals surface area contributed by atoms with Crippen LogP contribution in [0, 0.1) is 5.92 Å². The van der Waals surface area contributed by atoms with Crippen LogP contribution in [-0.2, 0) is 0 Å². The molecule has 1 aliphatic rings. The van der Waals surface area contributed by atoms with Gasteiger partial charge in [-0.1, -0.05) is 13.8 Å². The van der Waals surface area contributed by atoms with Crippen molar-refractivity contribution in [3.8, 4) is 0 Å². The van der Waals surface area contributed by atoms with Gasteiger partial charge in [0.1, 0.15) is 0 Å².